The predicted octanol–water partition coefficient (Wildman–Crippen LogP) is 2.93. The second-order valence-electron chi connectivity index (χ2n) is 6.77. The number of amides is 1. The molecule has 0 saturated heterocycles. The highest BCUT2D eigenvalue weighted by molar-refractivity contribution is 5.67. The minimum Gasteiger partial charge on any atom is -0.444 e. The molecule has 0 aromatic rings. The van der Waals surface area contributed by atoms with Crippen molar-refractivity contribution in [2.45, 2.75) is 59.0 Å². The third kappa shape index (κ3) is 8.09. The smallest absolute Gasteiger partial charge is 0.407 e. The van der Waals surface area contributed by atoms with Crippen molar-refractivity contribution in [2.24, 2.45) is 11.8 Å². The highest BCUT2D eigenvalue weighted by atomic mass is 16.6. The lowest BCUT2D eigenvalue weighted by atomic mass is 10.1. The van der Waals surface area contributed by atoms with Gasteiger partial charge in [-0.25, -0.2) is 4.79 Å². The molecule has 4 heteroatoms. The summed E-state index contributed by atoms with van der Waals surface area (Å²) in [4.78, 5) is 11.4. The number of alkyl carbamates (subject to hydrolysis) is 1. The number of ether oxygens (including phenoxy) is 1. The largest absolute Gasteiger partial charge is 0.444 e. The molecule has 0 radical (unpaired) electrons. The molecule has 2 N–H and O–H groups in total. The molecule has 1 fully saturated rings. The minimum absolute atomic E-state index is 0.322. The molecule has 0 aliphatic heterocycles. The average molecular weight is 270 g/mol. The molecular formula is C15H30N2O2. The molecule has 112 valence electrons. The fourth-order valence-electron chi connectivity index (χ4n) is 2.53. The first-order valence-electron chi connectivity index (χ1n) is 7.54. The summed E-state index contributed by atoms with van der Waals surface area (Å²) < 4.78 is 5.17. The molecule has 1 aliphatic carbocycles. The van der Waals surface area contributed by atoms with Gasteiger partial charge in [0.2, 0.25) is 0 Å². The van der Waals surface area contributed by atoms with Gasteiger partial charge >= 0.3 is 6.09 Å². The Balaban J connectivity index is 1.92. The van der Waals surface area contributed by atoms with Gasteiger partial charge in [-0.2, -0.15) is 0 Å². The van der Waals surface area contributed by atoms with Crippen molar-refractivity contribution in [3.63, 3.8) is 0 Å². The highest BCUT2D eigenvalue weighted by Crippen LogP contribution is 2.29. The first kappa shape index (κ1) is 16.3. The molecule has 19 heavy (non-hydrogen) atoms. The van der Waals surface area contributed by atoms with E-state index in [0.29, 0.717) is 6.54 Å². The van der Waals surface area contributed by atoms with E-state index in [-0.39, 0.29) is 6.09 Å². The van der Waals surface area contributed by atoms with E-state index in [0.717, 1.165) is 31.3 Å². The minimum atomic E-state index is -0.415. The number of hydrogen-bond donors (Lipinski definition) is 2. The zero-order chi connectivity index (χ0) is 14.3. The van der Waals surface area contributed by atoms with Gasteiger partial charge in [0.05, 0.1) is 0 Å². The normalized spacial score (nSPS) is 23.4. The van der Waals surface area contributed by atoms with Crippen molar-refractivity contribution >= 4 is 6.09 Å². The van der Waals surface area contributed by atoms with Gasteiger partial charge in [0.25, 0.3) is 0 Å². The summed E-state index contributed by atoms with van der Waals surface area (Å²) >= 11 is 0. The number of carbonyl (C=O) groups is 1. The van der Waals surface area contributed by atoms with Crippen molar-refractivity contribution in [2.75, 3.05) is 19.6 Å². The van der Waals surface area contributed by atoms with Gasteiger partial charge in [-0.15, -0.1) is 0 Å². The van der Waals surface area contributed by atoms with Gasteiger partial charge in [0.15, 0.2) is 0 Å². The summed E-state index contributed by atoms with van der Waals surface area (Å²) in [5.74, 6) is 1.76. The van der Waals surface area contributed by atoms with E-state index >= 15 is 0 Å². The van der Waals surface area contributed by atoms with Crippen molar-refractivity contribution in [1.29, 1.82) is 0 Å². The Kier molecular flexibility index (Phi) is 6.63. The van der Waals surface area contributed by atoms with Gasteiger partial charge in [0.1, 0.15) is 5.60 Å². The van der Waals surface area contributed by atoms with Crippen LogP contribution in [0.15, 0.2) is 0 Å². The topological polar surface area (TPSA) is 50.4 Å². The first-order valence-corrected chi connectivity index (χ1v) is 7.54. The van der Waals surface area contributed by atoms with Gasteiger partial charge in [-0.05, 0) is 65.0 Å². The Labute approximate surface area is 117 Å². The third-order valence-electron chi connectivity index (χ3n) is 3.43. The maximum Gasteiger partial charge on any atom is 0.407 e. The van der Waals surface area contributed by atoms with Crippen LogP contribution >= 0.6 is 0 Å². The number of hydrogen-bond acceptors (Lipinski definition) is 3. The standard InChI is InChI=1S/C15H30N2O2/c1-12-6-7-13(10-12)11-16-8-5-9-17-14(18)19-15(2,3)4/h12-13,16H,5-11H2,1-4H3,(H,17,18). The molecule has 0 heterocycles. The monoisotopic (exact) mass is 270 g/mol. The van der Waals surface area contributed by atoms with Crippen LogP contribution in [0.2, 0.25) is 0 Å². The SMILES string of the molecule is CC1CCC(CNCCCNC(=O)OC(C)(C)C)C1. The van der Waals surface area contributed by atoms with E-state index in [4.69, 9.17) is 4.74 Å². The van der Waals surface area contributed by atoms with Crippen LogP contribution in [0.3, 0.4) is 0 Å². The number of nitrogens with one attached hydrogen (secondary N) is 2. The Bertz CT molecular complexity index is 274. The molecule has 1 saturated carbocycles. The van der Waals surface area contributed by atoms with E-state index in [9.17, 15) is 4.79 Å². The second kappa shape index (κ2) is 7.73. The Morgan fingerprint density at radius 2 is 2.00 bits per heavy atom. The van der Waals surface area contributed by atoms with Crippen molar-refractivity contribution in [1.82, 2.24) is 10.6 Å². The average Bonchev–Trinajstić information content (AvgIpc) is 2.67. The predicted molar refractivity (Wildman–Crippen MR) is 78.2 cm³/mol. The van der Waals surface area contributed by atoms with Crippen LogP contribution in [-0.4, -0.2) is 31.3 Å². The summed E-state index contributed by atoms with van der Waals surface area (Å²) in [7, 11) is 0. The summed E-state index contributed by atoms with van der Waals surface area (Å²) in [6, 6.07) is 0. The zero-order valence-corrected chi connectivity index (χ0v) is 12.9. The zero-order valence-electron chi connectivity index (χ0n) is 12.9. The third-order valence-corrected chi connectivity index (χ3v) is 3.43. The highest BCUT2D eigenvalue weighted by Gasteiger charge is 2.20. The lowest BCUT2D eigenvalue weighted by Crippen LogP contribution is -2.34. The lowest BCUT2D eigenvalue weighted by Gasteiger charge is -2.19. The molecule has 1 rings (SSSR count). The van der Waals surface area contributed by atoms with E-state index in [2.05, 4.69) is 17.6 Å². The fourth-order valence-corrected chi connectivity index (χ4v) is 2.53. The van der Waals surface area contributed by atoms with Crippen molar-refractivity contribution in [3.05, 3.63) is 0 Å². The van der Waals surface area contributed by atoms with Crippen LogP contribution in [0, 0.1) is 11.8 Å². The van der Waals surface area contributed by atoms with Crippen LogP contribution in [0.5, 0.6) is 0 Å². The second-order valence-corrected chi connectivity index (χ2v) is 6.77. The Morgan fingerprint density at radius 3 is 2.58 bits per heavy atom. The van der Waals surface area contributed by atoms with Crippen LogP contribution in [0.4, 0.5) is 4.79 Å². The maximum atomic E-state index is 11.4. The van der Waals surface area contributed by atoms with Crippen molar-refractivity contribution in [3.8, 4) is 0 Å². The van der Waals surface area contributed by atoms with Crippen LogP contribution in [0.1, 0.15) is 53.4 Å². The molecule has 0 spiro atoms. The fraction of sp³-hybridized carbons (Fsp3) is 0.933. The van der Waals surface area contributed by atoms with E-state index in [1.54, 1.807) is 0 Å². The van der Waals surface area contributed by atoms with E-state index in [1.807, 2.05) is 20.8 Å². The van der Waals surface area contributed by atoms with Crippen LogP contribution in [0.25, 0.3) is 0 Å². The first-order chi connectivity index (χ1) is 8.87. The van der Waals surface area contributed by atoms with Gasteiger partial charge in [-0.1, -0.05) is 13.3 Å². The van der Waals surface area contributed by atoms with Gasteiger partial charge < -0.3 is 15.4 Å². The van der Waals surface area contributed by atoms with Gasteiger partial charge in [-0.3, -0.25) is 0 Å². The molecule has 1 amide bonds. The van der Waals surface area contributed by atoms with E-state index in [1.165, 1.54) is 19.3 Å². The van der Waals surface area contributed by atoms with Crippen molar-refractivity contribution < 1.29 is 9.53 Å². The van der Waals surface area contributed by atoms with Crippen LogP contribution < -0.4 is 10.6 Å². The van der Waals surface area contributed by atoms with Crippen LogP contribution in [-0.2, 0) is 4.74 Å². The van der Waals surface area contributed by atoms with E-state index < -0.39 is 5.60 Å². The molecule has 2 unspecified atom stereocenters. The summed E-state index contributed by atoms with van der Waals surface area (Å²) in [5.41, 5.74) is -0.415. The summed E-state index contributed by atoms with van der Waals surface area (Å²) in [6.07, 6.45) is 4.73. The maximum absolute atomic E-state index is 11.4. The molecule has 2 atom stereocenters. The Hall–Kier alpha value is -0.770. The molecule has 4 nitrogen and oxygen atoms in total. The molecule has 0 aromatic heterocycles. The molecule has 0 bridgehead atoms. The lowest BCUT2D eigenvalue weighted by molar-refractivity contribution is 0.0527. The number of carbonyl (C=O) groups excluding carboxylic acids is 1. The van der Waals surface area contributed by atoms with Gasteiger partial charge in [0, 0.05) is 6.54 Å². The molecular weight excluding hydrogens is 240 g/mol. The number of rotatable bonds is 6. The molecule has 1 aliphatic rings. The quantitative estimate of drug-likeness (QED) is 0.730. The Morgan fingerprint density at radius 1 is 1.26 bits per heavy atom. The molecule has 0 aromatic carbocycles. The summed E-state index contributed by atoms with van der Waals surface area (Å²) in [5, 5.41) is 6.25. The summed E-state index contributed by atoms with van der Waals surface area (Å²) in [6.45, 7) is 10.7.